The summed E-state index contributed by atoms with van der Waals surface area (Å²) in [5.74, 6) is -2.86. The number of nitro benzene ring substituents is 1. The molecule has 13 heteroatoms. The van der Waals surface area contributed by atoms with Gasteiger partial charge in [0.2, 0.25) is 5.75 Å². The van der Waals surface area contributed by atoms with Crippen molar-refractivity contribution in [1.82, 2.24) is 0 Å². The van der Waals surface area contributed by atoms with Crippen molar-refractivity contribution in [3.63, 3.8) is 0 Å². The number of benzene rings is 2. The summed E-state index contributed by atoms with van der Waals surface area (Å²) in [5.41, 5.74) is -1.76. The van der Waals surface area contributed by atoms with Crippen molar-refractivity contribution in [2.24, 2.45) is 0 Å². The fraction of sp³-hybridized carbons (Fsp3) is 0.0714. The number of carbonyl (C=O) groups is 1. The van der Waals surface area contributed by atoms with Crippen LogP contribution in [0.2, 0.25) is 5.02 Å². The van der Waals surface area contributed by atoms with Crippen molar-refractivity contribution in [3.8, 4) is 11.5 Å². The zero-order valence-electron chi connectivity index (χ0n) is 13.3. The number of hydrogen-bond acceptors (Lipinski definition) is 8. The maximum Gasteiger partial charge on any atom is 0.341 e. The summed E-state index contributed by atoms with van der Waals surface area (Å²) in [4.78, 5) is 20.8. The molecule has 2 aromatic carbocycles. The second kappa shape index (κ2) is 7.58. The number of ether oxygens (including phenoxy) is 1. The van der Waals surface area contributed by atoms with Crippen LogP contribution >= 0.6 is 27.5 Å². The molecule has 27 heavy (non-hydrogen) atoms. The van der Waals surface area contributed by atoms with Crippen molar-refractivity contribution in [2.75, 3.05) is 11.8 Å². The predicted molar refractivity (Wildman–Crippen MR) is 97.7 cm³/mol. The van der Waals surface area contributed by atoms with Crippen LogP contribution in [0.25, 0.3) is 0 Å². The van der Waals surface area contributed by atoms with Crippen molar-refractivity contribution in [3.05, 3.63) is 49.4 Å². The van der Waals surface area contributed by atoms with Crippen LogP contribution in [0.1, 0.15) is 10.4 Å². The minimum atomic E-state index is -4.62. The number of carbonyl (C=O) groups excluding carboxylic acids is 1. The van der Waals surface area contributed by atoms with E-state index in [0.29, 0.717) is 0 Å². The topological polar surface area (TPSA) is 156 Å². The molecule has 3 N–H and O–H groups in total. The summed E-state index contributed by atoms with van der Waals surface area (Å²) in [6.07, 6.45) is 0. The number of methoxy groups -OCH3 is 1. The molecule has 0 saturated heterocycles. The number of nitro groups is 1. The number of nitrogens with one attached hydrogen (secondary N) is 1. The molecule has 0 radical (unpaired) electrons. The molecular formula is C14H10BrClN2O8S. The lowest BCUT2D eigenvalue weighted by Crippen LogP contribution is -2.15. The SMILES string of the molecule is COC(=O)c1cc(Cl)cc(NS(=O)(=O)c2cc(Br)cc([N+](=O)[O-])c2O)c1O. The summed E-state index contributed by atoms with van der Waals surface area (Å²) in [5, 5.41) is 30.9. The Morgan fingerprint density at radius 1 is 1.26 bits per heavy atom. The Labute approximate surface area is 165 Å². The van der Waals surface area contributed by atoms with Crippen LogP contribution in [-0.2, 0) is 14.8 Å². The van der Waals surface area contributed by atoms with Gasteiger partial charge in [0.05, 0.1) is 17.7 Å². The van der Waals surface area contributed by atoms with Gasteiger partial charge in [0.1, 0.15) is 10.5 Å². The molecule has 0 aliphatic carbocycles. The molecule has 0 aromatic heterocycles. The van der Waals surface area contributed by atoms with E-state index in [9.17, 15) is 33.5 Å². The van der Waals surface area contributed by atoms with Gasteiger partial charge in [0.15, 0.2) is 5.75 Å². The smallest absolute Gasteiger partial charge is 0.341 e. The Balaban J connectivity index is 2.60. The third kappa shape index (κ3) is 4.23. The predicted octanol–water partition coefficient (Wildman–Crippen LogP) is 3.01. The van der Waals surface area contributed by atoms with Crippen molar-refractivity contribution >= 4 is 54.9 Å². The number of phenols is 2. The Morgan fingerprint density at radius 2 is 1.89 bits per heavy atom. The van der Waals surface area contributed by atoms with E-state index in [1.54, 1.807) is 0 Å². The van der Waals surface area contributed by atoms with Crippen LogP contribution in [0.15, 0.2) is 33.6 Å². The molecule has 144 valence electrons. The number of aromatic hydroxyl groups is 2. The molecule has 0 aliphatic heterocycles. The first-order valence-corrected chi connectivity index (χ1v) is 9.44. The second-order valence-electron chi connectivity index (χ2n) is 4.98. The number of halogens is 2. The van der Waals surface area contributed by atoms with Gasteiger partial charge >= 0.3 is 11.7 Å². The maximum absolute atomic E-state index is 12.6. The molecule has 10 nitrogen and oxygen atoms in total. The summed E-state index contributed by atoms with van der Waals surface area (Å²) < 4.78 is 31.6. The van der Waals surface area contributed by atoms with E-state index in [0.717, 1.165) is 31.4 Å². The highest BCUT2D eigenvalue weighted by atomic mass is 79.9. The fourth-order valence-corrected chi connectivity index (χ4v) is 4.06. The fourth-order valence-electron chi connectivity index (χ4n) is 2.05. The van der Waals surface area contributed by atoms with Gasteiger partial charge in [-0.1, -0.05) is 27.5 Å². The van der Waals surface area contributed by atoms with E-state index in [-0.39, 0.29) is 9.50 Å². The number of nitrogens with zero attached hydrogens (tertiary/aromatic N) is 1. The number of sulfonamides is 1. The standard InChI is InChI=1S/C14H10BrClN2O8S/c1-26-14(21)8-4-7(16)5-9(12(8)19)17-27(24,25)11-3-6(15)2-10(13(11)20)18(22)23/h2-5,17,19-20H,1H3. The third-order valence-corrected chi connectivity index (χ3v) is 5.29. The van der Waals surface area contributed by atoms with Gasteiger partial charge in [0, 0.05) is 15.6 Å². The number of phenolic OH excluding ortho intramolecular Hbond substituents is 2. The van der Waals surface area contributed by atoms with Crippen molar-refractivity contribution in [1.29, 1.82) is 0 Å². The van der Waals surface area contributed by atoms with Crippen LogP contribution in [0.5, 0.6) is 11.5 Å². The minimum absolute atomic E-state index is 0.0120. The lowest BCUT2D eigenvalue weighted by molar-refractivity contribution is -0.386. The Morgan fingerprint density at radius 3 is 2.44 bits per heavy atom. The highest BCUT2D eigenvalue weighted by Crippen LogP contribution is 2.39. The van der Waals surface area contributed by atoms with Gasteiger partial charge < -0.3 is 14.9 Å². The van der Waals surface area contributed by atoms with Gasteiger partial charge in [-0.15, -0.1) is 0 Å². The van der Waals surface area contributed by atoms with Crippen LogP contribution in [-0.4, -0.2) is 36.6 Å². The van der Waals surface area contributed by atoms with E-state index in [2.05, 4.69) is 20.7 Å². The Kier molecular flexibility index (Phi) is 5.82. The zero-order chi connectivity index (χ0) is 20.5. The Hall–Kier alpha value is -2.57. The first kappa shape index (κ1) is 20.7. The van der Waals surface area contributed by atoms with Crippen LogP contribution in [0.3, 0.4) is 0 Å². The average molecular weight is 482 g/mol. The van der Waals surface area contributed by atoms with Gasteiger partial charge in [-0.05, 0) is 18.2 Å². The molecule has 0 unspecified atom stereocenters. The summed E-state index contributed by atoms with van der Waals surface area (Å²) in [6, 6.07) is 3.90. The molecule has 0 saturated carbocycles. The highest BCUT2D eigenvalue weighted by Gasteiger charge is 2.29. The van der Waals surface area contributed by atoms with Gasteiger partial charge in [-0.25, -0.2) is 13.2 Å². The highest BCUT2D eigenvalue weighted by molar-refractivity contribution is 9.10. The van der Waals surface area contributed by atoms with Crippen molar-refractivity contribution < 1.29 is 33.1 Å². The summed E-state index contributed by atoms with van der Waals surface area (Å²) in [7, 11) is -3.57. The van der Waals surface area contributed by atoms with E-state index in [4.69, 9.17) is 11.6 Å². The molecule has 2 rings (SSSR count). The molecule has 2 aromatic rings. The van der Waals surface area contributed by atoms with Crippen LogP contribution in [0, 0.1) is 10.1 Å². The normalized spacial score (nSPS) is 11.1. The molecule has 0 amide bonds. The van der Waals surface area contributed by atoms with E-state index < -0.39 is 54.2 Å². The first-order chi connectivity index (χ1) is 12.5. The second-order valence-corrected chi connectivity index (χ2v) is 7.98. The van der Waals surface area contributed by atoms with Crippen molar-refractivity contribution in [2.45, 2.75) is 4.90 Å². The van der Waals surface area contributed by atoms with Gasteiger partial charge in [-0.2, -0.15) is 0 Å². The summed E-state index contributed by atoms with van der Waals surface area (Å²) in [6.45, 7) is 0. The molecule has 0 bridgehead atoms. The lowest BCUT2D eigenvalue weighted by atomic mass is 10.2. The van der Waals surface area contributed by atoms with Crippen LogP contribution in [0.4, 0.5) is 11.4 Å². The minimum Gasteiger partial charge on any atom is -0.505 e. The molecule has 0 aliphatic rings. The number of anilines is 1. The van der Waals surface area contributed by atoms with E-state index in [1.807, 2.05) is 4.72 Å². The molecule has 0 spiro atoms. The molecular weight excluding hydrogens is 472 g/mol. The number of esters is 1. The third-order valence-electron chi connectivity index (χ3n) is 3.23. The average Bonchev–Trinajstić information content (AvgIpc) is 2.58. The molecule has 0 fully saturated rings. The van der Waals surface area contributed by atoms with Gasteiger partial charge in [-0.3, -0.25) is 14.8 Å². The van der Waals surface area contributed by atoms with E-state index in [1.165, 1.54) is 0 Å². The van der Waals surface area contributed by atoms with E-state index >= 15 is 0 Å². The Bertz CT molecular complexity index is 1060. The van der Waals surface area contributed by atoms with Crippen LogP contribution < -0.4 is 4.72 Å². The largest absolute Gasteiger partial charge is 0.505 e. The first-order valence-electron chi connectivity index (χ1n) is 6.78. The quantitative estimate of drug-likeness (QED) is 0.255. The monoisotopic (exact) mass is 480 g/mol. The maximum atomic E-state index is 12.6. The van der Waals surface area contributed by atoms with Gasteiger partial charge in [0.25, 0.3) is 10.0 Å². The molecule has 0 atom stereocenters. The lowest BCUT2D eigenvalue weighted by Gasteiger charge is -2.13. The summed E-state index contributed by atoms with van der Waals surface area (Å²) >= 11 is 8.74. The zero-order valence-corrected chi connectivity index (χ0v) is 16.4. The number of hydrogen-bond donors (Lipinski definition) is 3. The molecule has 0 heterocycles. The number of rotatable bonds is 5.